The minimum atomic E-state index is -3.14. The summed E-state index contributed by atoms with van der Waals surface area (Å²) in [7, 11) is -1.73. The summed E-state index contributed by atoms with van der Waals surface area (Å²) in [5.41, 5.74) is 0. The third kappa shape index (κ3) is 3.13. The Labute approximate surface area is 98.7 Å². The van der Waals surface area contributed by atoms with E-state index in [0.29, 0.717) is 17.6 Å². The van der Waals surface area contributed by atoms with E-state index in [1.54, 1.807) is 0 Å². The van der Waals surface area contributed by atoms with Gasteiger partial charge in [-0.25, -0.2) is 18.1 Å². The van der Waals surface area contributed by atoms with E-state index in [0.717, 1.165) is 5.82 Å². The summed E-state index contributed by atoms with van der Waals surface area (Å²) >= 11 is 1.29. The van der Waals surface area contributed by atoms with Crippen molar-refractivity contribution in [3.8, 4) is 0 Å². The van der Waals surface area contributed by atoms with Crippen LogP contribution in [0.2, 0.25) is 0 Å². The molecule has 0 spiro atoms. The van der Waals surface area contributed by atoms with Gasteiger partial charge in [-0.05, 0) is 19.9 Å². The van der Waals surface area contributed by atoms with Crippen molar-refractivity contribution in [1.82, 2.24) is 14.1 Å². The van der Waals surface area contributed by atoms with Crippen LogP contribution in [0.1, 0.15) is 24.6 Å². The number of hydrogen-bond donors (Lipinski definition) is 2. The molecule has 1 aromatic rings. The first-order chi connectivity index (χ1) is 7.61. The van der Waals surface area contributed by atoms with Crippen molar-refractivity contribution in [3.63, 3.8) is 0 Å². The standard InChI is InChI=1S/C8H14N4O2S2/c1-9-16(13,14)5-4-10-8-11-7(12-15-8)6-2-3-6/h6,9H,2-5H2,1H3,(H,10,11,12). The molecule has 8 heteroatoms. The number of anilines is 1. The summed E-state index contributed by atoms with van der Waals surface area (Å²) < 4.78 is 28.7. The third-order valence-corrected chi connectivity index (χ3v) is 4.39. The molecule has 16 heavy (non-hydrogen) atoms. The fourth-order valence-electron chi connectivity index (χ4n) is 1.21. The fourth-order valence-corrected chi connectivity index (χ4v) is 2.45. The number of aromatic nitrogens is 2. The van der Waals surface area contributed by atoms with Crippen LogP contribution in [0.3, 0.4) is 0 Å². The Kier molecular flexibility index (Phi) is 3.41. The van der Waals surface area contributed by atoms with Gasteiger partial charge in [-0.2, -0.15) is 4.37 Å². The number of rotatable bonds is 6. The summed E-state index contributed by atoms with van der Waals surface area (Å²) in [4.78, 5) is 4.30. The van der Waals surface area contributed by atoms with Crippen LogP contribution < -0.4 is 10.0 Å². The second-order valence-electron chi connectivity index (χ2n) is 3.68. The van der Waals surface area contributed by atoms with Gasteiger partial charge < -0.3 is 5.32 Å². The van der Waals surface area contributed by atoms with Gasteiger partial charge in [-0.1, -0.05) is 0 Å². The molecule has 2 rings (SSSR count). The molecule has 1 saturated carbocycles. The maximum absolute atomic E-state index is 11.1. The molecule has 0 radical (unpaired) electrons. The lowest BCUT2D eigenvalue weighted by Crippen LogP contribution is -2.26. The number of sulfonamides is 1. The van der Waals surface area contributed by atoms with Crippen molar-refractivity contribution < 1.29 is 8.42 Å². The molecule has 0 atom stereocenters. The zero-order valence-electron chi connectivity index (χ0n) is 8.93. The Morgan fingerprint density at radius 2 is 2.25 bits per heavy atom. The largest absolute Gasteiger partial charge is 0.359 e. The lowest BCUT2D eigenvalue weighted by molar-refractivity contribution is 0.588. The molecule has 0 unspecified atom stereocenters. The van der Waals surface area contributed by atoms with Crippen molar-refractivity contribution in [1.29, 1.82) is 0 Å². The van der Waals surface area contributed by atoms with Gasteiger partial charge in [0.05, 0.1) is 5.75 Å². The Balaban J connectivity index is 1.80. The van der Waals surface area contributed by atoms with E-state index >= 15 is 0 Å². The first-order valence-corrected chi connectivity index (χ1v) is 7.52. The smallest absolute Gasteiger partial charge is 0.213 e. The molecule has 0 bridgehead atoms. The van der Waals surface area contributed by atoms with Crippen LogP contribution in [-0.2, 0) is 10.0 Å². The minimum Gasteiger partial charge on any atom is -0.359 e. The maximum Gasteiger partial charge on any atom is 0.213 e. The van der Waals surface area contributed by atoms with Gasteiger partial charge in [0, 0.05) is 24.0 Å². The zero-order chi connectivity index (χ0) is 11.6. The van der Waals surface area contributed by atoms with Gasteiger partial charge in [0.25, 0.3) is 0 Å². The van der Waals surface area contributed by atoms with Crippen LogP contribution in [-0.4, -0.2) is 37.1 Å². The predicted octanol–water partition coefficient (Wildman–Crippen LogP) is 0.377. The normalized spacial score (nSPS) is 16.3. The Morgan fingerprint density at radius 1 is 1.50 bits per heavy atom. The van der Waals surface area contributed by atoms with Crippen LogP contribution in [0.4, 0.5) is 5.13 Å². The van der Waals surface area contributed by atoms with E-state index in [4.69, 9.17) is 0 Å². The van der Waals surface area contributed by atoms with Gasteiger partial charge in [0.15, 0.2) is 0 Å². The molecule has 2 N–H and O–H groups in total. The fraction of sp³-hybridized carbons (Fsp3) is 0.750. The van der Waals surface area contributed by atoms with Gasteiger partial charge in [-0.3, -0.25) is 0 Å². The minimum absolute atomic E-state index is 0.0435. The summed E-state index contributed by atoms with van der Waals surface area (Å²) in [6.07, 6.45) is 2.34. The average molecular weight is 262 g/mol. The zero-order valence-corrected chi connectivity index (χ0v) is 10.6. The van der Waals surface area contributed by atoms with E-state index in [9.17, 15) is 8.42 Å². The van der Waals surface area contributed by atoms with Crippen molar-refractivity contribution >= 4 is 26.7 Å². The van der Waals surface area contributed by atoms with E-state index in [1.807, 2.05) is 0 Å². The van der Waals surface area contributed by atoms with Crippen LogP contribution in [0.15, 0.2) is 0 Å². The number of nitrogens with one attached hydrogen (secondary N) is 2. The van der Waals surface area contributed by atoms with Crippen molar-refractivity contribution in [2.75, 3.05) is 24.7 Å². The molecule has 0 aliphatic heterocycles. The van der Waals surface area contributed by atoms with Crippen LogP contribution in [0.25, 0.3) is 0 Å². The second-order valence-corrected chi connectivity index (χ2v) is 6.48. The Morgan fingerprint density at radius 3 is 2.88 bits per heavy atom. The molecule has 1 aliphatic rings. The first-order valence-electron chi connectivity index (χ1n) is 5.09. The summed E-state index contributed by atoms with van der Waals surface area (Å²) in [5, 5.41) is 3.67. The van der Waals surface area contributed by atoms with Gasteiger partial charge in [0.2, 0.25) is 15.2 Å². The van der Waals surface area contributed by atoms with Crippen molar-refractivity contribution in [2.24, 2.45) is 0 Å². The lowest BCUT2D eigenvalue weighted by atomic mass is 10.4. The molecule has 6 nitrogen and oxygen atoms in total. The van der Waals surface area contributed by atoms with E-state index in [2.05, 4.69) is 19.4 Å². The summed E-state index contributed by atoms with van der Waals surface area (Å²) in [6, 6.07) is 0. The molecule has 0 amide bonds. The molecule has 90 valence electrons. The average Bonchev–Trinajstić information content (AvgIpc) is 3.00. The Bertz CT molecular complexity index is 452. The second kappa shape index (κ2) is 4.64. The molecule has 1 fully saturated rings. The monoisotopic (exact) mass is 262 g/mol. The molecule has 1 aromatic heterocycles. The molecule has 1 heterocycles. The molecule has 1 aliphatic carbocycles. The lowest BCUT2D eigenvalue weighted by Gasteiger charge is -2.02. The van der Waals surface area contributed by atoms with Crippen LogP contribution in [0, 0.1) is 0 Å². The van der Waals surface area contributed by atoms with E-state index < -0.39 is 10.0 Å². The SMILES string of the molecule is CNS(=O)(=O)CCNc1nc(C2CC2)ns1. The highest BCUT2D eigenvalue weighted by Gasteiger charge is 2.27. The van der Waals surface area contributed by atoms with Crippen molar-refractivity contribution in [3.05, 3.63) is 5.82 Å². The van der Waals surface area contributed by atoms with Crippen molar-refractivity contribution in [2.45, 2.75) is 18.8 Å². The quantitative estimate of drug-likeness (QED) is 0.774. The summed E-state index contributed by atoms with van der Waals surface area (Å²) in [5.74, 6) is 1.47. The van der Waals surface area contributed by atoms with Crippen LogP contribution in [0.5, 0.6) is 0 Å². The van der Waals surface area contributed by atoms with E-state index in [1.165, 1.54) is 31.4 Å². The number of nitrogens with zero attached hydrogens (tertiary/aromatic N) is 2. The highest BCUT2D eigenvalue weighted by atomic mass is 32.2. The van der Waals surface area contributed by atoms with Gasteiger partial charge in [0.1, 0.15) is 5.82 Å². The molecule has 0 saturated heterocycles. The van der Waals surface area contributed by atoms with Crippen LogP contribution >= 0.6 is 11.5 Å². The highest BCUT2D eigenvalue weighted by molar-refractivity contribution is 7.89. The Hall–Kier alpha value is -0.730. The molecule has 0 aromatic carbocycles. The van der Waals surface area contributed by atoms with E-state index in [-0.39, 0.29) is 5.75 Å². The van der Waals surface area contributed by atoms with Gasteiger partial charge >= 0.3 is 0 Å². The number of hydrogen-bond acceptors (Lipinski definition) is 6. The summed E-state index contributed by atoms with van der Waals surface area (Å²) in [6.45, 7) is 0.350. The molecular weight excluding hydrogens is 248 g/mol. The predicted molar refractivity (Wildman–Crippen MR) is 63.2 cm³/mol. The molecular formula is C8H14N4O2S2. The highest BCUT2D eigenvalue weighted by Crippen LogP contribution is 2.39. The van der Waals surface area contributed by atoms with Gasteiger partial charge in [-0.15, -0.1) is 0 Å². The third-order valence-electron chi connectivity index (χ3n) is 2.34. The maximum atomic E-state index is 11.1. The first kappa shape index (κ1) is 11.7. The topological polar surface area (TPSA) is 84.0 Å².